The second-order valence-electron chi connectivity index (χ2n) is 8.08. The molecule has 0 aliphatic carbocycles. The van der Waals surface area contributed by atoms with E-state index in [1.165, 1.54) is 0 Å². The van der Waals surface area contributed by atoms with Gasteiger partial charge in [0.15, 0.2) is 0 Å². The zero-order chi connectivity index (χ0) is 21.0. The van der Waals surface area contributed by atoms with Crippen LogP contribution in [0.15, 0.2) is 53.0 Å². The summed E-state index contributed by atoms with van der Waals surface area (Å²) in [6.45, 7) is 3.21. The molecular formula is C24H27BrN2O3. The molecule has 0 bridgehead atoms. The van der Waals surface area contributed by atoms with E-state index in [9.17, 15) is 9.59 Å². The first-order chi connectivity index (χ1) is 14.6. The first kappa shape index (κ1) is 21.1. The third-order valence-electron chi connectivity index (χ3n) is 6.20. The molecule has 0 saturated carbocycles. The smallest absolute Gasteiger partial charge is 0.253 e. The zero-order valence-corrected chi connectivity index (χ0v) is 18.6. The lowest BCUT2D eigenvalue weighted by Gasteiger charge is -2.36. The first-order valence-corrected chi connectivity index (χ1v) is 11.4. The molecule has 0 radical (unpaired) electrons. The third-order valence-corrected chi connectivity index (χ3v) is 6.73. The maximum absolute atomic E-state index is 13.4. The van der Waals surface area contributed by atoms with Gasteiger partial charge in [0.2, 0.25) is 5.91 Å². The van der Waals surface area contributed by atoms with Crippen molar-refractivity contribution < 1.29 is 14.3 Å². The highest BCUT2D eigenvalue weighted by molar-refractivity contribution is 9.10. The van der Waals surface area contributed by atoms with Crippen LogP contribution in [0.5, 0.6) is 0 Å². The van der Waals surface area contributed by atoms with Gasteiger partial charge in [0.05, 0.1) is 5.41 Å². The second-order valence-corrected chi connectivity index (χ2v) is 9.00. The van der Waals surface area contributed by atoms with Crippen molar-refractivity contribution in [2.24, 2.45) is 0 Å². The number of amides is 2. The average Bonchev–Trinajstić information content (AvgIpc) is 3.33. The molecule has 5 nitrogen and oxygen atoms in total. The van der Waals surface area contributed by atoms with Crippen molar-refractivity contribution in [1.29, 1.82) is 0 Å². The number of nitrogens with one attached hydrogen (secondary N) is 1. The molecule has 0 aromatic heterocycles. The van der Waals surface area contributed by atoms with Gasteiger partial charge in [-0.05, 0) is 61.1 Å². The van der Waals surface area contributed by atoms with Crippen molar-refractivity contribution in [3.05, 3.63) is 69.7 Å². The van der Waals surface area contributed by atoms with Crippen LogP contribution >= 0.6 is 15.9 Å². The van der Waals surface area contributed by atoms with Gasteiger partial charge in [-0.3, -0.25) is 9.59 Å². The van der Waals surface area contributed by atoms with E-state index in [1.54, 1.807) is 0 Å². The van der Waals surface area contributed by atoms with Crippen molar-refractivity contribution in [1.82, 2.24) is 10.2 Å². The Hall–Kier alpha value is -2.18. The molecule has 2 saturated heterocycles. The number of likely N-dealkylation sites (tertiary alicyclic amines) is 1. The molecule has 30 heavy (non-hydrogen) atoms. The van der Waals surface area contributed by atoms with E-state index >= 15 is 0 Å². The minimum Gasteiger partial charge on any atom is -0.381 e. The maximum atomic E-state index is 13.4. The van der Waals surface area contributed by atoms with Crippen LogP contribution in [0.2, 0.25) is 0 Å². The van der Waals surface area contributed by atoms with Gasteiger partial charge in [-0.2, -0.15) is 0 Å². The molecule has 0 atom stereocenters. The third kappa shape index (κ3) is 4.44. The summed E-state index contributed by atoms with van der Waals surface area (Å²) in [4.78, 5) is 27.9. The second kappa shape index (κ2) is 9.31. The van der Waals surface area contributed by atoms with E-state index in [-0.39, 0.29) is 11.8 Å². The Bertz CT molecular complexity index is 901. The summed E-state index contributed by atoms with van der Waals surface area (Å²) < 4.78 is 6.54. The molecule has 158 valence electrons. The average molecular weight is 471 g/mol. The summed E-state index contributed by atoms with van der Waals surface area (Å²) in [5.74, 6) is 0.0980. The Balaban J connectivity index is 1.48. The van der Waals surface area contributed by atoms with Crippen molar-refractivity contribution >= 4 is 27.7 Å². The van der Waals surface area contributed by atoms with E-state index in [1.807, 2.05) is 53.4 Å². The first-order valence-electron chi connectivity index (χ1n) is 10.6. The predicted octanol–water partition coefficient (Wildman–Crippen LogP) is 4.05. The molecule has 2 heterocycles. The molecular weight excluding hydrogens is 444 g/mol. The molecule has 2 aromatic carbocycles. The van der Waals surface area contributed by atoms with Crippen LogP contribution in [0, 0.1) is 0 Å². The SMILES string of the molecule is O=C(c1cccc(CNC(=O)C2(c3ccc(Br)cc3)CCOCC2)c1)N1CCCC1. The molecule has 0 spiro atoms. The number of hydrogen-bond acceptors (Lipinski definition) is 3. The molecule has 2 fully saturated rings. The summed E-state index contributed by atoms with van der Waals surface area (Å²) in [7, 11) is 0. The van der Waals surface area contributed by atoms with Gasteiger partial charge in [-0.25, -0.2) is 0 Å². The van der Waals surface area contributed by atoms with Crippen LogP contribution in [0.4, 0.5) is 0 Å². The van der Waals surface area contributed by atoms with Crippen LogP contribution in [0.1, 0.15) is 47.2 Å². The van der Waals surface area contributed by atoms with E-state index in [0.717, 1.165) is 41.5 Å². The largest absolute Gasteiger partial charge is 0.381 e. The fourth-order valence-corrected chi connectivity index (χ4v) is 4.67. The van der Waals surface area contributed by atoms with Crippen LogP contribution in [-0.4, -0.2) is 43.0 Å². The van der Waals surface area contributed by atoms with Gasteiger partial charge in [0, 0.05) is 42.9 Å². The fourth-order valence-electron chi connectivity index (χ4n) is 4.40. The van der Waals surface area contributed by atoms with Gasteiger partial charge < -0.3 is 15.0 Å². The van der Waals surface area contributed by atoms with E-state index in [4.69, 9.17) is 4.74 Å². The summed E-state index contributed by atoms with van der Waals surface area (Å²) in [6, 6.07) is 15.6. The lowest BCUT2D eigenvalue weighted by molar-refractivity contribution is -0.130. The minimum absolute atomic E-state index is 0.0180. The number of rotatable bonds is 5. The van der Waals surface area contributed by atoms with E-state index < -0.39 is 5.41 Å². The monoisotopic (exact) mass is 470 g/mol. The Morgan fingerprint density at radius 2 is 1.73 bits per heavy atom. The number of benzene rings is 2. The van der Waals surface area contributed by atoms with Gasteiger partial charge in [0.1, 0.15) is 0 Å². The molecule has 1 N–H and O–H groups in total. The number of ether oxygens (including phenoxy) is 1. The Morgan fingerprint density at radius 3 is 2.43 bits per heavy atom. The van der Waals surface area contributed by atoms with Gasteiger partial charge in [0.25, 0.3) is 5.91 Å². The van der Waals surface area contributed by atoms with Crippen LogP contribution in [-0.2, 0) is 21.5 Å². The van der Waals surface area contributed by atoms with Crippen molar-refractivity contribution in [3.63, 3.8) is 0 Å². The van der Waals surface area contributed by atoms with Gasteiger partial charge in [-0.1, -0.05) is 40.2 Å². The van der Waals surface area contributed by atoms with Crippen molar-refractivity contribution in [2.45, 2.75) is 37.6 Å². The molecule has 6 heteroatoms. The summed E-state index contributed by atoms with van der Waals surface area (Å²) in [5, 5.41) is 3.13. The molecule has 2 aliphatic rings. The van der Waals surface area contributed by atoms with Crippen LogP contribution < -0.4 is 5.32 Å². The minimum atomic E-state index is -0.581. The molecule has 0 unspecified atom stereocenters. The molecule has 2 aromatic rings. The number of carbonyl (C=O) groups is 2. The topological polar surface area (TPSA) is 58.6 Å². The Kier molecular flexibility index (Phi) is 6.54. The Labute approximate surface area is 185 Å². The molecule has 2 amide bonds. The van der Waals surface area contributed by atoms with Crippen LogP contribution in [0.25, 0.3) is 0 Å². The standard InChI is InChI=1S/C24H27BrN2O3/c25-21-8-6-20(7-9-21)24(10-14-30-15-11-24)23(29)26-17-18-4-3-5-19(16-18)22(28)27-12-1-2-13-27/h3-9,16H,1-2,10-15,17H2,(H,26,29). The highest BCUT2D eigenvalue weighted by Gasteiger charge is 2.41. The molecule has 2 aliphatic heterocycles. The summed E-state index contributed by atoms with van der Waals surface area (Å²) in [5.41, 5.74) is 2.07. The fraction of sp³-hybridized carbons (Fsp3) is 0.417. The Morgan fingerprint density at radius 1 is 1.03 bits per heavy atom. The number of carbonyl (C=O) groups excluding carboxylic acids is 2. The quantitative estimate of drug-likeness (QED) is 0.716. The normalized spacial score (nSPS) is 18.2. The predicted molar refractivity (Wildman–Crippen MR) is 119 cm³/mol. The lowest BCUT2D eigenvalue weighted by Crippen LogP contribution is -2.47. The number of nitrogens with zero attached hydrogens (tertiary/aromatic N) is 1. The number of halogens is 1. The summed E-state index contributed by atoms with van der Waals surface area (Å²) >= 11 is 3.47. The van der Waals surface area contributed by atoms with Gasteiger partial charge >= 0.3 is 0 Å². The number of hydrogen-bond donors (Lipinski definition) is 1. The highest BCUT2D eigenvalue weighted by Crippen LogP contribution is 2.36. The van der Waals surface area contributed by atoms with E-state index in [2.05, 4.69) is 21.2 Å². The van der Waals surface area contributed by atoms with Gasteiger partial charge in [-0.15, -0.1) is 0 Å². The van der Waals surface area contributed by atoms with E-state index in [0.29, 0.717) is 38.2 Å². The zero-order valence-electron chi connectivity index (χ0n) is 17.0. The van der Waals surface area contributed by atoms with Crippen molar-refractivity contribution in [3.8, 4) is 0 Å². The maximum Gasteiger partial charge on any atom is 0.253 e. The van der Waals surface area contributed by atoms with Crippen molar-refractivity contribution in [2.75, 3.05) is 26.3 Å². The van der Waals surface area contributed by atoms with Crippen LogP contribution in [0.3, 0.4) is 0 Å². The summed E-state index contributed by atoms with van der Waals surface area (Å²) in [6.07, 6.45) is 3.47. The lowest BCUT2D eigenvalue weighted by atomic mass is 9.73. The molecule has 4 rings (SSSR count). The highest BCUT2D eigenvalue weighted by atomic mass is 79.9.